The van der Waals surface area contributed by atoms with E-state index in [1.807, 2.05) is 47.2 Å². The Hall–Kier alpha value is -2.35. The molecule has 0 fully saturated rings. The third-order valence-electron chi connectivity index (χ3n) is 4.02. The largest absolute Gasteiger partial charge is 0.618 e. The molecular formula is C20H20N2O3S2. The van der Waals surface area contributed by atoms with E-state index in [0.29, 0.717) is 11.6 Å². The van der Waals surface area contributed by atoms with Gasteiger partial charge in [-0.2, -0.15) is 16.1 Å². The van der Waals surface area contributed by atoms with Crippen molar-refractivity contribution in [2.75, 3.05) is 12.3 Å². The summed E-state index contributed by atoms with van der Waals surface area (Å²) in [5.41, 5.74) is 1.80. The van der Waals surface area contributed by atoms with Crippen LogP contribution in [0.1, 0.15) is 17.2 Å². The van der Waals surface area contributed by atoms with Crippen molar-refractivity contribution in [3.63, 3.8) is 0 Å². The van der Waals surface area contributed by atoms with Gasteiger partial charge < -0.3 is 15.2 Å². The van der Waals surface area contributed by atoms with Crippen LogP contribution in [0.15, 0.2) is 76.6 Å². The van der Waals surface area contributed by atoms with Crippen molar-refractivity contribution in [2.45, 2.75) is 17.7 Å². The summed E-state index contributed by atoms with van der Waals surface area (Å²) < 4.78 is 0.750. The number of pyridine rings is 1. The predicted molar refractivity (Wildman–Crippen MR) is 107 cm³/mol. The summed E-state index contributed by atoms with van der Waals surface area (Å²) >= 11 is 2.71. The zero-order valence-corrected chi connectivity index (χ0v) is 16.2. The molecule has 2 heterocycles. The normalized spacial score (nSPS) is 11.9. The maximum Gasteiger partial charge on any atom is 0.251 e. The first-order valence-electron chi connectivity index (χ1n) is 8.46. The van der Waals surface area contributed by atoms with Crippen LogP contribution in [-0.4, -0.2) is 28.2 Å². The van der Waals surface area contributed by atoms with E-state index in [1.54, 1.807) is 23.1 Å². The van der Waals surface area contributed by atoms with Gasteiger partial charge in [-0.1, -0.05) is 30.3 Å². The van der Waals surface area contributed by atoms with Gasteiger partial charge in [-0.05, 0) is 45.8 Å². The van der Waals surface area contributed by atoms with Gasteiger partial charge in [-0.25, -0.2) is 0 Å². The lowest BCUT2D eigenvalue weighted by Gasteiger charge is -2.25. The number of thioether (sulfide) groups is 1. The van der Waals surface area contributed by atoms with Crippen LogP contribution in [-0.2, 0) is 11.3 Å². The third-order valence-corrected chi connectivity index (χ3v) is 5.73. The zero-order valence-electron chi connectivity index (χ0n) is 14.6. The summed E-state index contributed by atoms with van der Waals surface area (Å²) in [5.74, 6) is 0.0112. The van der Waals surface area contributed by atoms with Crippen molar-refractivity contribution < 1.29 is 14.6 Å². The summed E-state index contributed by atoms with van der Waals surface area (Å²) in [6, 6.07) is 16.6. The average Bonchev–Trinajstić information content (AvgIpc) is 3.22. The second kappa shape index (κ2) is 9.55. The third kappa shape index (κ3) is 5.56. The molecule has 1 unspecified atom stereocenters. The molecule has 0 aliphatic heterocycles. The summed E-state index contributed by atoms with van der Waals surface area (Å²) in [6.45, 7) is 0.616. The average molecular weight is 401 g/mol. The van der Waals surface area contributed by atoms with Crippen LogP contribution >= 0.6 is 23.1 Å². The Morgan fingerprint density at radius 3 is 2.67 bits per heavy atom. The molecule has 3 rings (SSSR count). The molecule has 27 heavy (non-hydrogen) atoms. The Morgan fingerprint density at radius 1 is 1.19 bits per heavy atom. The van der Waals surface area contributed by atoms with Crippen LogP contribution in [0.5, 0.6) is 0 Å². The van der Waals surface area contributed by atoms with Gasteiger partial charge in [0.15, 0.2) is 6.20 Å². The molecule has 140 valence electrons. The van der Waals surface area contributed by atoms with Gasteiger partial charge in [0.05, 0.1) is 18.4 Å². The van der Waals surface area contributed by atoms with E-state index in [2.05, 4.69) is 0 Å². The molecule has 0 saturated carbocycles. The molecule has 3 aromatic rings. The van der Waals surface area contributed by atoms with E-state index in [4.69, 9.17) is 0 Å². The summed E-state index contributed by atoms with van der Waals surface area (Å²) in [6.07, 6.45) is 0.671. The molecule has 0 aliphatic rings. The number of carbonyl (C=O) groups is 1. The minimum absolute atomic E-state index is 0.123. The number of nitrogens with zero attached hydrogens (tertiary/aromatic N) is 2. The van der Waals surface area contributed by atoms with Crippen LogP contribution in [0.25, 0.3) is 0 Å². The van der Waals surface area contributed by atoms with Gasteiger partial charge in [0.1, 0.15) is 0 Å². The molecule has 0 radical (unpaired) electrons. The highest BCUT2D eigenvalue weighted by atomic mass is 32.2. The fourth-order valence-corrected chi connectivity index (χ4v) is 4.11. The second-order valence-electron chi connectivity index (χ2n) is 5.99. The molecular weight excluding hydrogens is 380 g/mol. The van der Waals surface area contributed by atoms with Crippen LogP contribution < -0.4 is 4.73 Å². The Bertz CT molecular complexity index is 857. The Kier molecular flexibility index (Phi) is 6.86. The van der Waals surface area contributed by atoms with Crippen molar-refractivity contribution in [1.82, 2.24) is 4.90 Å². The fraction of sp³-hybridized carbons (Fsp3) is 0.200. The number of thiophene rings is 1. The number of hydrogen-bond acceptors (Lipinski definition) is 5. The predicted octanol–water partition coefficient (Wildman–Crippen LogP) is 3.24. The first kappa shape index (κ1) is 19.4. The molecule has 0 saturated heterocycles. The number of aliphatic hydroxyl groups is 1. The quantitative estimate of drug-likeness (QED) is 0.358. The van der Waals surface area contributed by atoms with E-state index in [1.165, 1.54) is 29.3 Å². The maximum absolute atomic E-state index is 12.8. The van der Waals surface area contributed by atoms with E-state index < -0.39 is 6.10 Å². The highest BCUT2D eigenvalue weighted by Gasteiger charge is 2.20. The minimum atomic E-state index is -0.741. The number of hydrogen-bond donors (Lipinski definition) is 1. The number of rotatable bonds is 8. The van der Waals surface area contributed by atoms with Crippen molar-refractivity contribution in [1.29, 1.82) is 0 Å². The van der Waals surface area contributed by atoms with E-state index >= 15 is 0 Å². The van der Waals surface area contributed by atoms with Crippen molar-refractivity contribution in [3.05, 3.63) is 87.9 Å². The van der Waals surface area contributed by atoms with Gasteiger partial charge in [-0.15, -0.1) is 0 Å². The van der Waals surface area contributed by atoms with E-state index in [0.717, 1.165) is 15.9 Å². The smallest absolute Gasteiger partial charge is 0.251 e. The molecule has 1 aromatic carbocycles. The van der Waals surface area contributed by atoms with Crippen LogP contribution in [0.2, 0.25) is 0 Å². The van der Waals surface area contributed by atoms with Crippen LogP contribution in [0, 0.1) is 5.21 Å². The summed E-state index contributed by atoms with van der Waals surface area (Å²) in [5, 5.41) is 26.5. The topological polar surface area (TPSA) is 67.5 Å². The fourth-order valence-electron chi connectivity index (χ4n) is 2.59. The van der Waals surface area contributed by atoms with Gasteiger partial charge in [0.2, 0.25) is 5.91 Å². The molecule has 7 heteroatoms. The summed E-state index contributed by atoms with van der Waals surface area (Å²) in [4.78, 5) is 14.5. The summed E-state index contributed by atoms with van der Waals surface area (Å²) in [7, 11) is 0. The molecule has 5 nitrogen and oxygen atoms in total. The molecule has 0 bridgehead atoms. The minimum Gasteiger partial charge on any atom is -0.618 e. The lowest BCUT2D eigenvalue weighted by atomic mass is 10.1. The molecule has 1 amide bonds. The first-order chi connectivity index (χ1) is 13.1. The number of aliphatic hydroxyl groups excluding tert-OH is 1. The number of amides is 1. The lowest BCUT2D eigenvalue weighted by Crippen LogP contribution is -2.36. The Morgan fingerprint density at radius 2 is 1.96 bits per heavy atom. The maximum atomic E-state index is 12.8. The SMILES string of the molecule is O=C(CSc1cccc[n+]1[O-])N(Cc1ccccc1)CC(O)c1ccsc1. The van der Waals surface area contributed by atoms with Crippen LogP contribution in [0.3, 0.4) is 0 Å². The molecule has 1 atom stereocenters. The molecule has 0 spiro atoms. The Labute approximate surface area is 166 Å². The highest BCUT2D eigenvalue weighted by molar-refractivity contribution is 7.99. The molecule has 1 N–H and O–H groups in total. The van der Waals surface area contributed by atoms with E-state index in [-0.39, 0.29) is 18.2 Å². The number of carbonyl (C=O) groups excluding carboxylic acids is 1. The molecule has 2 aromatic heterocycles. The van der Waals surface area contributed by atoms with Crippen molar-refractivity contribution in [3.8, 4) is 0 Å². The van der Waals surface area contributed by atoms with Crippen molar-refractivity contribution in [2.24, 2.45) is 0 Å². The van der Waals surface area contributed by atoms with Crippen LogP contribution in [0.4, 0.5) is 0 Å². The standard InChI is InChI=1S/C20H20N2O3S2/c23-18(17-9-11-26-14-17)13-21(12-16-6-2-1-3-7-16)19(24)15-27-20-8-4-5-10-22(20)25/h1-11,14,18,23H,12-13,15H2. The monoisotopic (exact) mass is 400 g/mol. The number of aromatic nitrogens is 1. The highest BCUT2D eigenvalue weighted by Crippen LogP contribution is 2.20. The Balaban J connectivity index is 1.69. The van der Waals surface area contributed by atoms with Gasteiger partial charge in [-0.3, -0.25) is 4.79 Å². The van der Waals surface area contributed by atoms with Gasteiger partial charge in [0, 0.05) is 18.7 Å². The van der Waals surface area contributed by atoms with Gasteiger partial charge in [0.25, 0.3) is 5.03 Å². The second-order valence-corrected chi connectivity index (χ2v) is 7.76. The first-order valence-corrected chi connectivity index (χ1v) is 10.4. The zero-order chi connectivity index (χ0) is 19.1. The molecule has 0 aliphatic carbocycles. The van der Waals surface area contributed by atoms with Gasteiger partial charge >= 0.3 is 0 Å². The van der Waals surface area contributed by atoms with E-state index in [9.17, 15) is 15.1 Å². The van der Waals surface area contributed by atoms with Crippen molar-refractivity contribution >= 4 is 29.0 Å². The lowest BCUT2D eigenvalue weighted by molar-refractivity contribution is -0.645. The number of benzene rings is 1.